The van der Waals surface area contributed by atoms with Gasteiger partial charge in [0.25, 0.3) is 0 Å². The number of phenolic OH excluding ortho intramolecular Hbond substituents is 2. The van der Waals surface area contributed by atoms with Crippen LogP contribution < -0.4 is 11.5 Å². The standard InChI is InChI=1S/C13H11F3N2O2/c14-13(15,16)8-5-12(20)10(18)4-7(8)6-1-2-11(19)9(17)3-6/h1-5,19-20H,17-18H2. The summed E-state index contributed by atoms with van der Waals surface area (Å²) in [4.78, 5) is 0. The Morgan fingerprint density at radius 3 is 2.00 bits per heavy atom. The van der Waals surface area contributed by atoms with Crippen molar-refractivity contribution in [2.24, 2.45) is 0 Å². The molecule has 4 nitrogen and oxygen atoms in total. The van der Waals surface area contributed by atoms with Crippen molar-refractivity contribution in [2.45, 2.75) is 6.18 Å². The van der Waals surface area contributed by atoms with E-state index in [9.17, 15) is 23.4 Å². The lowest BCUT2D eigenvalue weighted by molar-refractivity contribution is -0.137. The second-order valence-electron chi connectivity index (χ2n) is 4.23. The van der Waals surface area contributed by atoms with Gasteiger partial charge in [0.05, 0.1) is 16.9 Å². The lowest BCUT2D eigenvalue weighted by Gasteiger charge is -2.15. The van der Waals surface area contributed by atoms with Gasteiger partial charge in [-0.05, 0) is 35.4 Å². The summed E-state index contributed by atoms with van der Waals surface area (Å²) < 4.78 is 39.0. The van der Waals surface area contributed by atoms with Gasteiger partial charge in [0.15, 0.2) is 0 Å². The molecular formula is C13H11F3N2O2. The van der Waals surface area contributed by atoms with Gasteiger partial charge < -0.3 is 21.7 Å². The van der Waals surface area contributed by atoms with Crippen LogP contribution in [0.15, 0.2) is 30.3 Å². The molecule has 7 heteroatoms. The Balaban J connectivity index is 2.72. The van der Waals surface area contributed by atoms with E-state index in [2.05, 4.69) is 0 Å². The number of hydrogen-bond acceptors (Lipinski definition) is 4. The Morgan fingerprint density at radius 1 is 0.850 bits per heavy atom. The average Bonchev–Trinajstić information content (AvgIpc) is 2.34. The SMILES string of the molecule is Nc1cc(-c2cc(N)c(O)cc2C(F)(F)F)ccc1O. The fourth-order valence-electron chi connectivity index (χ4n) is 1.80. The van der Waals surface area contributed by atoms with E-state index in [1.807, 2.05) is 0 Å². The van der Waals surface area contributed by atoms with Crippen molar-refractivity contribution in [1.82, 2.24) is 0 Å². The lowest BCUT2D eigenvalue weighted by atomic mass is 9.97. The van der Waals surface area contributed by atoms with Crippen molar-refractivity contribution in [3.63, 3.8) is 0 Å². The molecular weight excluding hydrogens is 273 g/mol. The van der Waals surface area contributed by atoms with Crippen molar-refractivity contribution in [1.29, 1.82) is 0 Å². The summed E-state index contributed by atoms with van der Waals surface area (Å²) in [5, 5.41) is 18.7. The maximum atomic E-state index is 13.0. The molecule has 0 bridgehead atoms. The minimum Gasteiger partial charge on any atom is -0.506 e. The number of nitrogens with two attached hydrogens (primary N) is 2. The van der Waals surface area contributed by atoms with Crippen molar-refractivity contribution < 1.29 is 23.4 Å². The molecule has 6 N–H and O–H groups in total. The summed E-state index contributed by atoms with van der Waals surface area (Å²) in [6, 6.07) is 5.26. The molecule has 2 aromatic rings. The highest BCUT2D eigenvalue weighted by Crippen LogP contribution is 2.42. The predicted molar refractivity (Wildman–Crippen MR) is 69.0 cm³/mol. The Hall–Kier alpha value is -2.57. The van der Waals surface area contributed by atoms with E-state index in [4.69, 9.17) is 11.5 Å². The number of hydrogen-bond donors (Lipinski definition) is 4. The zero-order valence-electron chi connectivity index (χ0n) is 10.1. The van der Waals surface area contributed by atoms with E-state index in [-0.39, 0.29) is 28.3 Å². The molecule has 0 aliphatic rings. The number of halogens is 3. The number of benzene rings is 2. The molecule has 0 radical (unpaired) electrons. The molecule has 0 fully saturated rings. The molecule has 20 heavy (non-hydrogen) atoms. The van der Waals surface area contributed by atoms with Crippen LogP contribution in [-0.4, -0.2) is 10.2 Å². The highest BCUT2D eigenvalue weighted by Gasteiger charge is 2.34. The van der Waals surface area contributed by atoms with Gasteiger partial charge in [0.1, 0.15) is 11.5 Å². The molecule has 0 saturated carbocycles. The number of anilines is 2. The van der Waals surface area contributed by atoms with Crippen LogP contribution in [0, 0.1) is 0 Å². The van der Waals surface area contributed by atoms with Gasteiger partial charge in [0.2, 0.25) is 0 Å². The zero-order chi connectivity index (χ0) is 15.1. The third-order valence-electron chi connectivity index (χ3n) is 2.81. The van der Waals surface area contributed by atoms with E-state index in [0.29, 0.717) is 6.07 Å². The summed E-state index contributed by atoms with van der Waals surface area (Å²) in [7, 11) is 0. The molecule has 0 saturated heterocycles. The second kappa shape index (κ2) is 4.52. The minimum absolute atomic E-state index is 0.0535. The second-order valence-corrected chi connectivity index (χ2v) is 4.23. The lowest BCUT2D eigenvalue weighted by Crippen LogP contribution is -2.08. The fraction of sp³-hybridized carbons (Fsp3) is 0.0769. The number of nitrogen functional groups attached to an aromatic ring is 2. The van der Waals surface area contributed by atoms with Crippen LogP contribution in [0.4, 0.5) is 24.5 Å². The van der Waals surface area contributed by atoms with Gasteiger partial charge in [0, 0.05) is 0 Å². The van der Waals surface area contributed by atoms with Crippen LogP contribution in [-0.2, 0) is 6.18 Å². The summed E-state index contributed by atoms with van der Waals surface area (Å²) in [6.45, 7) is 0. The van der Waals surface area contributed by atoms with Crippen molar-refractivity contribution >= 4 is 11.4 Å². The molecule has 0 atom stereocenters. The summed E-state index contributed by atoms with van der Waals surface area (Å²) in [5.41, 5.74) is 9.56. The zero-order valence-corrected chi connectivity index (χ0v) is 10.1. The highest BCUT2D eigenvalue weighted by molar-refractivity contribution is 5.77. The third kappa shape index (κ3) is 2.42. The van der Waals surface area contributed by atoms with Gasteiger partial charge >= 0.3 is 6.18 Å². The van der Waals surface area contributed by atoms with Gasteiger partial charge in [-0.1, -0.05) is 6.07 Å². The topological polar surface area (TPSA) is 92.5 Å². The third-order valence-corrected chi connectivity index (χ3v) is 2.81. The predicted octanol–water partition coefficient (Wildman–Crippen LogP) is 2.95. The Kier molecular flexibility index (Phi) is 3.13. The van der Waals surface area contributed by atoms with Crippen LogP contribution in [0.25, 0.3) is 11.1 Å². The van der Waals surface area contributed by atoms with E-state index in [1.165, 1.54) is 18.2 Å². The van der Waals surface area contributed by atoms with Gasteiger partial charge in [-0.2, -0.15) is 13.2 Å². The molecule has 2 rings (SSSR count). The highest BCUT2D eigenvalue weighted by atomic mass is 19.4. The smallest absolute Gasteiger partial charge is 0.417 e. The van der Waals surface area contributed by atoms with Gasteiger partial charge in [-0.15, -0.1) is 0 Å². The maximum Gasteiger partial charge on any atom is 0.417 e. The largest absolute Gasteiger partial charge is 0.506 e. The molecule has 106 valence electrons. The molecule has 2 aromatic carbocycles. The Bertz CT molecular complexity index is 669. The summed E-state index contributed by atoms with van der Waals surface area (Å²) in [5.74, 6) is -0.873. The van der Waals surface area contributed by atoms with Crippen LogP contribution in [0.3, 0.4) is 0 Å². The first-order chi connectivity index (χ1) is 9.20. The first kappa shape index (κ1) is 13.9. The first-order valence-corrected chi connectivity index (χ1v) is 5.48. The Morgan fingerprint density at radius 2 is 1.45 bits per heavy atom. The molecule has 0 aliphatic heterocycles. The number of rotatable bonds is 1. The molecule has 0 aromatic heterocycles. The van der Waals surface area contributed by atoms with Crippen molar-refractivity contribution in [3.8, 4) is 22.6 Å². The molecule has 0 spiro atoms. The van der Waals surface area contributed by atoms with E-state index in [0.717, 1.165) is 6.07 Å². The van der Waals surface area contributed by atoms with Crippen LogP contribution in [0.2, 0.25) is 0 Å². The van der Waals surface area contributed by atoms with E-state index >= 15 is 0 Å². The van der Waals surface area contributed by atoms with Crippen molar-refractivity contribution in [3.05, 3.63) is 35.9 Å². The molecule has 0 heterocycles. The molecule has 0 aliphatic carbocycles. The van der Waals surface area contributed by atoms with Crippen LogP contribution in [0.1, 0.15) is 5.56 Å². The van der Waals surface area contributed by atoms with Crippen molar-refractivity contribution in [2.75, 3.05) is 11.5 Å². The number of phenols is 2. The monoisotopic (exact) mass is 284 g/mol. The molecule has 0 unspecified atom stereocenters. The number of alkyl halides is 3. The first-order valence-electron chi connectivity index (χ1n) is 5.48. The van der Waals surface area contributed by atoms with Crippen LogP contribution >= 0.6 is 0 Å². The maximum absolute atomic E-state index is 13.0. The molecule has 0 amide bonds. The minimum atomic E-state index is -4.66. The average molecular weight is 284 g/mol. The van der Waals surface area contributed by atoms with E-state index in [1.54, 1.807) is 0 Å². The quantitative estimate of drug-likeness (QED) is 0.478. The van der Waals surface area contributed by atoms with Crippen LogP contribution in [0.5, 0.6) is 11.5 Å². The summed E-state index contributed by atoms with van der Waals surface area (Å²) >= 11 is 0. The fourth-order valence-corrected chi connectivity index (χ4v) is 1.80. The van der Waals surface area contributed by atoms with Gasteiger partial charge in [-0.3, -0.25) is 0 Å². The summed E-state index contributed by atoms with van der Waals surface area (Å²) in [6.07, 6.45) is -4.66. The number of aromatic hydroxyl groups is 2. The normalized spacial score (nSPS) is 11.6. The Labute approximate surface area is 112 Å². The van der Waals surface area contributed by atoms with E-state index < -0.39 is 17.5 Å². The van der Waals surface area contributed by atoms with Gasteiger partial charge in [-0.25, -0.2) is 0 Å².